The van der Waals surface area contributed by atoms with Crippen LogP contribution in [-0.2, 0) is 6.42 Å². The molecule has 68 valence electrons. The minimum atomic E-state index is -0.369. The van der Waals surface area contributed by atoms with Gasteiger partial charge in [0.2, 0.25) is 0 Å². The quantitative estimate of drug-likeness (QED) is 0.732. The van der Waals surface area contributed by atoms with Crippen LogP contribution in [0, 0.1) is 5.82 Å². The van der Waals surface area contributed by atoms with Gasteiger partial charge in [-0.1, -0.05) is 6.92 Å². The van der Waals surface area contributed by atoms with E-state index in [0.717, 1.165) is 0 Å². The highest BCUT2D eigenvalue weighted by molar-refractivity contribution is 5.85. The standard InChI is InChI=1S/C10H9FO2/c1-2-8-10(12)7-5-6(11)3-4-9(7)13-8/h3-5,12H,2H2,1H3. The minimum Gasteiger partial charge on any atom is -0.504 e. The Hall–Kier alpha value is -1.51. The first-order valence-electron chi connectivity index (χ1n) is 4.12. The lowest BCUT2D eigenvalue weighted by atomic mass is 10.2. The number of hydrogen-bond donors (Lipinski definition) is 1. The van der Waals surface area contributed by atoms with Gasteiger partial charge in [0, 0.05) is 6.42 Å². The molecular weight excluding hydrogens is 171 g/mol. The van der Waals surface area contributed by atoms with E-state index in [9.17, 15) is 9.50 Å². The molecule has 2 rings (SSSR count). The summed E-state index contributed by atoms with van der Waals surface area (Å²) < 4.78 is 18.1. The maximum atomic E-state index is 12.8. The highest BCUT2D eigenvalue weighted by atomic mass is 19.1. The van der Waals surface area contributed by atoms with Crippen molar-refractivity contribution in [2.24, 2.45) is 0 Å². The monoisotopic (exact) mass is 180 g/mol. The fourth-order valence-corrected chi connectivity index (χ4v) is 1.35. The van der Waals surface area contributed by atoms with Gasteiger partial charge in [0.05, 0.1) is 5.39 Å². The normalized spacial score (nSPS) is 10.9. The highest BCUT2D eigenvalue weighted by Gasteiger charge is 2.11. The first-order chi connectivity index (χ1) is 6.22. The van der Waals surface area contributed by atoms with Crippen molar-refractivity contribution in [3.8, 4) is 5.75 Å². The van der Waals surface area contributed by atoms with Crippen molar-refractivity contribution in [2.45, 2.75) is 13.3 Å². The number of fused-ring (bicyclic) bond motifs is 1. The van der Waals surface area contributed by atoms with Gasteiger partial charge in [-0.2, -0.15) is 0 Å². The van der Waals surface area contributed by atoms with Gasteiger partial charge in [0.15, 0.2) is 5.75 Å². The molecule has 1 N–H and O–H groups in total. The molecule has 0 atom stereocenters. The summed E-state index contributed by atoms with van der Waals surface area (Å²) in [5, 5.41) is 10.00. The summed E-state index contributed by atoms with van der Waals surface area (Å²) in [6.45, 7) is 1.87. The summed E-state index contributed by atoms with van der Waals surface area (Å²) in [5.74, 6) is 0.184. The van der Waals surface area contributed by atoms with Crippen molar-refractivity contribution in [1.82, 2.24) is 0 Å². The molecular formula is C10H9FO2. The maximum absolute atomic E-state index is 12.8. The molecule has 2 aromatic rings. The molecule has 0 aliphatic rings. The molecule has 13 heavy (non-hydrogen) atoms. The second-order valence-electron chi connectivity index (χ2n) is 2.87. The molecule has 0 saturated carbocycles. The van der Waals surface area contributed by atoms with E-state index in [0.29, 0.717) is 23.2 Å². The predicted molar refractivity (Wildman–Crippen MR) is 47.2 cm³/mol. The summed E-state index contributed by atoms with van der Waals surface area (Å²) in [5.41, 5.74) is 0.524. The third-order valence-electron chi connectivity index (χ3n) is 2.02. The van der Waals surface area contributed by atoms with Gasteiger partial charge in [-0.3, -0.25) is 0 Å². The van der Waals surface area contributed by atoms with Crippen LogP contribution >= 0.6 is 0 Å². The number of hydrogen-bond acceptors (Lipinski definition) is 2. The molecule has 0 bridgehead atoms. The molecule has 1 aromatic heterocycles. The second-order valence-corrected chi connectivity index (χ2v) is 2.87. The maximum Gasteiger partial charge on any atom is 0.165 e. The van der Waals surface area contributed by atoms with E-state index < -0.39 is 0 Å². The lowest BCUT2D eigenvalue weighted by molar-refractivity contribution is 0.443. The lowest BCUT2D eigenvalue weighted by Gasteiger charge is -1.89. The molecule has 0 fully saturated rings. The number of aryl methyl sites for hydroxylation is 1. The molecule has 1 heterocycles. The molecule has 0 unspecified atom stereocenters. The van der Waals surface area contributed by atoms with Crippen LogP contribution in [-0.4, -0.2) is 5.11 Å². The number of benzene rings is 1. The number of rotatable bonds is 1. The zero-order valence-electron chi connectivity index (χ0n) is 7.17. The summed E-state index contributed by atoms with van der Waals surface area (Å²) >= 11 is 0. The third-order valence-corrected chi connectivity index (χ3v) is 2.02. The van der Waals surface area contributed by atoms with E-state index >= 15 is 0 Å². The summed E-state index contributed by atoms with van der Waals surface area (Å²) in [7, 11) is 0. The fraction of sp³-hybridized carbons (Fsp3) is 0.200. The van der Waals surface area contributed by atoms with Crippen LogP contribution in [0.25, 0.3) is 11.0 Å². The average Bonchev–Trinajstić information content (AvgIpc) is 2.44. The Balaban J connectivity index is 2.77. The molecule has 0 aliphatic heterocycles. The Labute approximate surface area is 74.6 Å². The van der Waals surface area contributed by atoms with Crippen molar-refractivity contribution in [3.63, 3.8) is 0 Å². The van der Waals surface area contributed by atoms with Gasteiger partial charge in [-0.05, 0) is 18.2 Å². The SMILES string of the molecule is CCc1oc2ccc(F)cc2c1O. The lowest BCUT2D eigenvalue weighted by Crippen LogP contribution is -1.72. The molecule has 0 radical (unpaired) electrons. The fourth-order valence-electron chi connectivity index (χ4n) is 1.35. The van der Waals surface area contributed by atoms with Crippen molar-refractivity contribution in [2.75, 3.05) is 0 Å². The van der Waals surface area contributed by atoms with Crippen LogP contribution in [0.5, 0.6) is 5.75 Å². The van der Waals surface area contributed by atoms with Gasteiger partial charge >= 0.3 is 0 Å². The highest BCUT2D eigenvalue weighted by Crippen LogP contribution is 2.32. The van der Waals surface area contributed by atoms with Crippen molar-refractivity contribution in [3.05, 3.63) is 29.8 Å². The van der Waals surface area contributed by atoms with Crippen LogP contribution in [0.15, 0.2) is 22.6 Å². The average molecular weight is 180 g/mol. The number of furan rings is 1. The van der Waals surface area contributed by atoms with Crippen molar-refractivity contribution in [1.29, 1.82) is 0 Å². The molecule has 0 amide bonds. The van der Waals surface area contributed by atoms with Crippen molar-refractivity contribution < 1.29 is 13.9 Å². The molecule has 0 aliphatic carbocycles. The largest absolute Gasteiger partial charge is 0.504 e. The Bertz CT molecular complexity index is 445. The van der Waals surface area contributed by atoms with E-state index in [1.165, 1.54) is 18.2 Å². The first-order valence-corrected chi connectivity index (χ1v) is 4.12. The molecule has 1 aromatic carbocycles. The topological polar surface area (TPSA) is 33.4 Å². The number of aromatic hydroxyl groups is 1. The predicted octanol–water partition coefficient (Wildman–Crippen LogP) is 2.84. The van der Waals surface area contributed by atoms with Gasteiger partial charge in [0.1, 0.15) is 17.2 Å². The number of halogens is 1. The first kappa shape index (κ1) is 8.10. The molecule has 2 nitrogen and oxygen atoms in total. The van der Waals surface area contributed by atoms with E-state index in [4.69, 9.17) is 4.42 Å². The molecule has 0 saturated heterocycles. The van der Waals surface area contributed by atoms with E-state index in [2.05, 4.69) is 0 Å². The Kier molecular flexibility index (Phi) is 1.72. The van der Waals surface area contributed by atoms with Crippen LogP contribution < -0.4 is 0 Å². The minimum absolute atomic E-state index is 0.0528. The van der Waals surface area contributed by atoms with Crippen LogP contribution in [0.3, 0.4) is 0 Å². The molecule has 3 heteroatoms. The summed E-state index contributed by atoms with van der Waals surface area (Å²) in [6, 6.07) is 4.10. The van der Waals surface area contributed by atoms with E-state index in [1.807, 2.05) is 6.92 Å². The Morgan fingerprint density at radius 1 is 1.46 bits per heavy atom. The van der Waals surface area contributed by atoms with Crippen molar-refractivity contribution >= 4 is 11.0 Å². The van der Waals surface area contributed by atoms with Crippen LogP contribution in [0.2, 0.25) is 0 Å². The molecule has 0 spiro atoms. The zero-order chi connectivity index (χ0) is 9.42. The van der Waals surface area contributed by atoms with Gasteiger partial charge in [0.25, 0.3) is 0 Å². The summed E-state index contributed by atoms with van der Waals surface area (Å²) in [6.07, 6.45) is 0.599. The van der Waals surface area contributed by atoms with Gasteiger partial charge in [-0.25, -0.2) is 4.39 Å². The summed E-state index contributed by atoms with van der Waals surface area (Å²) in [4.78, 5) is 0. The second kappa shape index (κ2) is 2.76. The van der Waals surface area contributed by atoms with E-state index in [1.54, 1.807) is 0 Å². The Morgan fingerprint density at radius 2 is 2.23 bits per heavy atom. The van der Waals surface area contributed by atoms with Gasteiger partial charge in [-0.15, -0.1) is 0 Å². The van der Waals surface area contributed by atoms with Crippen LogP contribution in [0.4, 0.5) is 4.39 Å². The van der Waals surface area contributed by atoms with Gasteiger partial charge < -0.3 is 9.52 Å². The van der Waals surface area contributed by atoms with Crippen LogP contribution in [0.1, 0.15) is 12.7 Å². The third kappa shape index (κ3) is 1.16. The Morgan fingerprint density at radius 3 is 2.92 bits per heavy atom. The smallest absolute Gasteiger partial charge is 0.165 e. The van der Waals surface area contributed by atoms with E-state index in [-0.39, 0.29) is 11.6 Å². The zero-order valence-corrected chi connectivity index (χ0v) is 7.17.